The number of rotatable bonds is 5. The van der Waals surface area contributed by atoms with Gasteiger partial charge in [0.05, 0.1) is 10.9 Å². The van der Waals surface area contributed by atoms with E-state index in [4.69, 9.17) is 4.42 Å². The summed E-state index contributed by atoms with van der Waals surface area (Å²) in [5.41, 5.74) is 6.50. The standard InChI is InChI=1S/C26H26N2O3.ClH/c1-5-27-21-13-23-19(11-15(21)3)25(17-9-7-8-10-18(17)26(29)30)20-12-16(4)22(28-6-2)14-24(20)31-23;/h7-14,27H,5-6H2,1-4H3,(H,29,30);1H. The van der Waals surface area contributed by atoms with E-state index in [1.54, 1.807) is 12.1 Å². The first-order valence-corrected chi connectivity index (χ1v) is 10.5. The predicted octanol–water partition coefficient (Wildman–Crippen LogP) is 6.29. The molecule has 1 aliphatic heterocycles. The van der Waals surface area contributed by atoms with Crippen molar-refractivity contribution in [3.8, 4) is 22.5 Å². The van der Waals surface area contributed by atoms with E-state index in [9.17, 15) is 9.90 Å². The second kappa shape index (κ2) is 9.45. The van der Waals surface area contributed by atoms with Gasteiger partial charge in [0.25, 0.3) is 0 Å². The van der Waals surface area contributed by atoms with Crippen LogP contribution < -0.4 is 10.7 Å². The first-order valence-electron chi connectivity index (χ1n) is 10.5. The van der Waals surface area contributed by atoms with E-state index in [1.165, 1.54) is 0 Å². The minimum Gasteiger partial charge on any atom is -0.478 e. The van der Waals surface area contributed by atoms with Gasteiger partial charge in [-0.1, -0.05) is 18.2 Å². The Bertz CT molecular complexity index is 1340. The molecule has 0 bridgehead atoms. The third kappa shape index (κ3) is 4.08. The number of fused-ring (bicyclic) bond motifs is 2. The fourth-order valence-corrected chi connectivity index (χ4v) is 4.09. The van der Waals surface area contributed by atoms with E-state index in [-0.39, 0.29) is 18.0 Å². The van der Waals surface area contributed by atoms with Crippen LogP contribution in [0.1, 0.15) is 35.3 Å². The molecule has 0 saturated heterocycles. The summed E-state index contributed by atoms with van der Waals surface area (Å²) in [6.07, 6.45) is 0. The zero-order chi connectivity index (χ0) is 22.1. The quantitative estimate of drug-likeness (QED) is 0.350. The highest BCUT2D eigenvalue weighted by molar-refractivity contribution is 6.08. The molecule has 166 valence electrons. The average molecular weight is 451 g/mol. The molecule has 0 radical (unpaired) electrons. The second-order valence-electron chi connectivity index (χ2n) is 7.63. The van der Waals surface area contributed by atoms with Crippen molar-refractivity contribution in [1.82, 2.24) is 0 Å². The van der Waals surface area contributed by atoms with Gasteiger partial charge in [-0.25, -0.2) is 4.79 Å². The normalized spacial score (nSPS) is 11.6. The molecule has 32 heavy (non-hydrogen) atoms. The van der Waals surface area contributed by atoms with Crippen LogP contribution >= 0.6 is 12.4 Å². The highest BCUT2D eigenvalue weighted by atomic mass is 35.5. The Morgan fingerprint density at radius 1 is 1.03 bits per heavy atom. The molecule has 0 spiro atoms. The first kappa shape index (κ1) is 23.4. The molecule has 5 nitrogen and oxygen atoms in total. The Labute approximate surface area is 193 Å². The molecule has 6 heteroatoms. The van der Waals surface area contributed by atoms with Gasteiger partial charge in [0.15, 0.2) is 0 Å². The van der Waals surface area contributed by atoms with E-state index in [0.717, 1.165) is 45.2 Å². The summed E-state index contributed by atoms with van der Waals surface area (Å²) in [6.45, 7) is 9.59. The maximum Gasteiger partial charge on any atom is 0.336 e. The molecule has 0 aromatic heterocycles. The van der Waals surface area contributed by atoms with Crippen molar-refractivity contribution in [2.75, 3.05) is 18.4 Å². The Morgan fingerprint density at radius 3 is 2.47 bits per heavy atom. The van der Waals surface area contributed by atoms with Crippen LogP contribution in [0.25, 0.3) is 33.4 Å². The molecule has 1 aliphatic carbocycles. The molecule has 4 rings (SSSR count). The second-order valence-corrected chi connectivity index (χ2v) is 7.63. The maximum absolute atomic E-state index is 12.0. The highest BCUT2D eigenvalue weighted by Crippen LogP contribution is 2.42. The minimum atomic E-state index is -0.951. The van der Waals surface area contributed by atoms with E-state index in [1.807, 2.05) is 51.1 Å². The van der Waals surface area contributed by atoms with Gasteiger partial charge in [-0.3, -0.25) is 4.99 Å². The van der Waals surface area contributed by atoms with Crippen molar-refractivity contribution in [2.24, 2.45) is 4.99 Å². The number of hydrogen-bond acceptors (Lipinski definition) is 4. The van der Waals surface area contributed by atoms with Crippen LogP contribution in [0.15, 0.2) is 57.9 Å². The zero-order valence-corrected chi connectivity index (χ0v) is 19.5. The summed E-state index contributed by atoms with van der Waals surface area (Å²) in [6, 6.07) is 15.2. The van der Waals surface area contributed by atoms with Gasteiger partial charge in [-0.2, -0.15) is 0 Å². The summed E-state index contributed by atoms with van der Waals surface area (Å²) in [5, 5.41) is 15.0. The van der Waals surface area contributed by atoms with E-state index >= 15 is 0 Å². The molecule has 1 heterocycles. The van der Waals surface area contributed by atoms with E-state index in [2.05, 4.69) is 23.3 Å². The molecular formula is C26H27ClN2O3. The van der Waals surface area contributed by atoms with Crippen molar-refractivity contribution >= 4 is 35.0 Å². The van der Waals surface area contributed by atoms with Crippen LogP contribution in [0, 0.1) is 13.8 Å². The summed E-state index contributed by atoms with van der Waals surface area (Å²) < 4.78 is 6.35. The van der Waals surface area contributed by atoms with Gasteiger partial charge in [0, 0.05) is 47.4 Å². The monoisotopic (exact) mass is 450 g/mol. The molecule has 0 unspecified atom stereocenters. The topological polar surface area (TPSA) is 74.8 Å². The van der Waals surface area contributed by atoms with Crippen LogP contribution in [-0.4, -0.2) is 24.2 Å². The van der Waals surface area contributed by atoms with E-state index < -0.39 is 5.97 Å². The van der Waals surface area contributed by atoms with Crippen molar-refractivity contribution in [1.29, 1.82) is 0 Å². The molecule has 2 aliphatic rings. The van der Waals surface area contributed by atoms with Crippen LogP contribution in [0.3, 0.4) is 0 Å². The molecule has 0 amide bonds. The van der Waals surface area contributed by atoms with Gasteiger partial charge in [-0.05, 0) is 62.6 Å². The average Bonchev–Trinajstić information content (AvgIpc) is 2.74. The summed E-state index contributed by atoms with van der Waals surface area (Å²) >= 11 is 0. The number of benzene rings is 3. The zero-order valence-electron chi connectivity index (χ0n) is 18.7. The fourth-order valence-electron chi connectivity index (χ4n) is 4.09. The third-order valence-corrected chi connectivity index (χ3v) is 5.51. The number of hydrogen-bond donors (Lipinski definition) is 2. The van der Waals surface area contributed by atoms with Crippen LogP contribution in [-0.2, 0) is 0 Å². The lowest BCUT2D eigenvalue weighted by atomic mass is 9.89. The molecule has 0 fully saturated rings. The van der Waals surface area contributed by atoms with Crippen molar-refractivity contribution in [3.05, 3.63) is 70.6 Å². The Morgan fingerprint density at radius 2 is 1.78 bits per heavy atom. The van der Waals surface area contributed by atoms with Crippen LogP contribution in [0.5, 0.6) is 0 Å². The largest absolute Gasteiger partial charge is 0.478 e. The SMILES string of the molecule is CCN=c1cc2oc3cc(NCC)c(C)cc3c(-c3ccccc3C(=O)O)c-2cc1C.Cl. The first-order chi connectivity index (χ1) is 14.9. The Hall–Kier alpha value is -3.31. The third-order valence-electron chi connectivity index (χ3n) is 5.51. The van der Waals surface area contributed by atoms with Gasteiger partial charge in [0.2, 0.25) is 0 Å². The predicted molar refractivity (Wildman–Crippen MR) is 132 cm³/mol. The maximum atomic E-state index is 12.0. The number of nitrogens with one attached hydrogen (secondary N) is 1. The number of carbonyl (C=O) groups is 1. The molecule has 2 aromatic carbocycles. The van der Waals surface area contributed by atoms with Crippen LogP contribution in [0.4, 0.5) is 5.69 Å². The number of aryl methyl sites for hydroxylation is 2. The lowest BCUT2D eigenvalue weighted by Crippen LogP contribution is -2.09. The number of carboxylic acids is 1. The lowest BCUT2D eigenvalue weighted by molar-refractivity contribution is 0.0697. The molecule has 2 aromatic rings. The fraction of sp³-hybridized carbons (Fsp3) is 0.231. The molecule has 0 saturated carbocycles. The molecule has 0 atom stereocenters. The van der Waals surface area contributed by atoms with Crippen LogP contribution in [0.2, 0.25) is 0 Å². The molecular weight excluding hydrogens is 424 g/mol. The Balaban J connectivity index is 0.00000289. The summed E-state index contributed by atoms with van der Waals surface area (Å²) in [4.78, 5) is 16.6. The summed E-state index contributed by atoms with van der Waals surface area (Å²) in [5.74, 6) is -0.264. The highest BCUT2D eigenvalue weighted by Gasteiger charge is 2.22. The van der Waals surface area contributed by atoms with Crippen molar-refractivity contribution in [2.45, 2.75) is 27.7 Å². The number of aromatic carboxylic acids is 1. The van der Waals surface area contributed by atoms with Crippen molar-refractivity contribution in [3.63, 3.8) is 0 Å². The lowest BCUT2D eigenvalue weighted by Gasteiger charge is -2.19. The number of halogens is 1. The van der Waals surface area contributed by atoms with Gasteiger partial charge < -0.3 is 14.8 Å². The smallest absolute Gasteiger partial charge is 0.336 e. The number of carboxylic acid groups (broad SMARTS) is 1. The minimum absolute atomic E-state index is 0. The van der Waals surface area contributed by atoms with Gasteiger partial charge in [-0.15, -0.1) is 12.4 Å². The number of anilines is 1. The van der Waals surface area contributed by atoms with E-state index in [0.29, 0.717) is 23.5 Å². The summed E-state index contributed by atoms with van der Waals surface area (Å²) in [7, 11) is 0. The Kier molecular flexibility index (Phi) is 6.90. The molecule has 2 N–H and O–H groups in total. The van der Waals surface area contributed by atoms with Crippen molar-refractivity contribution < 1.29 is 14.3 Å². The number of nitrogens with zero attached hydrogens (tertiary/aromatic N) is 1. The van der Waals surface area contributed by atoms with Gasteiger partial charge in [0.1, 0.15) is 11.3 Å². The van der Waals surface area contributed by atoms with Gasteiger partial charge >= 0.3 is 5.97 Å².